The number of aliphatic carboxylic acids is 1. The standard InChI is InChI=1S/C12H19NO5/c1-12(18-6-11(15)16)7-13(8-12)10(14)5-9-3-2-4-17-9/h9H,2-8H2,1H3,(H,15,16). The Labute approximate surface area is 106 Å². The van der Waals surface area contributed by atoms with Gasteiger partial charge in [-0.3, -0.25) is 4.79 Å². The molecule has 0 aromatic rings. The predicted molar refractivity (Wildman–Crippen MR) is 62.2 cm³/mol. The molecular weight excluding hydrogens is 238 g/mol. The van der Waals surface area contributed by atoms with Gasteiger partial charge in [0.2, 0.25) is 5.91 Å². The Bertz CT molecular complexity index is 331. The normalized spacial score (nSPS) is 25.8. The largest absolute Gasteiger partial charge is 0.480 e. The van der Waals surface area contributed by atoms with Crippen molar-refractivity contribution in [2.24, 2.45) is 0 Å². The van der Waals surface area contributed by atoms with E-state index >= 15 is 0 Å². The topological polar surface area (TPSA) is 76.1 Å². The Morgan fingerprint density at radius 1 is 1.50 bits per heavy atom. The maximum Gasteiger partial charge on any atom is 0.329 e. The monoisotopic (exact) mass is 257 g/mol. The molecule has 0 bridgehead atoms. The van der Waals surface area contributed by atoms with Crippen molar-refractivity contribution >= 4 is 11.9 Å². The van der Waals surface area contributed by atoms with Gasteiger partial charge in [-0.25, -0.2) is 4.79 Å². The van der Waals surface area contributed by atoms with E-state index in [1.165, 1.54) is 0 Å². The van der Waals surface area contributed by atoms with Gasteiger partial charge in [-0.15, -0.1) is 0 Å². The summed E-state index contributed by atoms with van der Waals surface area (Å²) in [6, 6.07) is 0. The molecule has 2 saturated heterocycles. The number of likely N-dealkylation sites (tertiary alicyclic amines) is 1. The zero-order valence-electron chi connectivity index (χ0n) is 10.6. The van der Waals surface area contributed by atoms with Crippen LogP contribution in [0.3, 0.4) is 0 Å². The van der Waals surface area contributed by atoms with E-state index in [-0.39, 0.29) is 18.6 Å². The fourth-order valence-electron chi connectivity index (χ4n) is 2.39. The smallest absolute Gasteiger partial charge is 0.329 e. The molecule has 6 heteroatoms. The molecule has 102 valence electrons. The molecular formula is C12H19NO5. The molecule has 1 amide bonds. The highest BCUT2D eigenvalue weighted by Gasteiger charge is 2.43. The van der Waals surface area contributed by atoms with Crippen LogP contribution >= 0.6 is 0 Å². The molecule has 2 aliphatic heterocycles. The highest BCUT2D eigenvalue weighted by Crippen LogP contribution is 2.26. The van der Waals surface area contributed by atoms with Crippen LogP contribution in [-0.4, -0.2) is 59.9 Å². The summed E-state index contributed by atoms with van der Waals surface area (Å²) in [5.41, 5.74) is -0.509. The van der Waals surface area contributed by atoms with Crippen molar-refractivity contribution < 1.29 is 24.2 Å². The Hall–Kier alpha value is -1.14. The van der Waals surface area contributed by atoms with Crippen LogP contribution in [0.5, 0.6) is 0 Å². The van der Waals surface area contributed by atoms with E-state index in [1.807, 2.05) is 6.92 Å². The molecule has 1 N–H and O–H groups in total. The van der Waals surface area contributed by atoms with Crippen LogP contribution in [0.15, 0.2) is 0 Å². The van der Waals surface area contributed by atoms with E-state index < -0.39 is 11.6 Å². The summed E-state index contributed by atoms with van der Waals surface area (Å²) in [6.45, 7) is 3.19. The van der Waals surface area contributed by atoms with Crippen molar-refractivity contribution in [3.05, 3.63) is 0 Å². The van der Waals surface area contributed by atoms with E-state index in [1.54, 1.807) is 4.90 Å². The lowest BCUT2D eigenvalue weighted by Crippen LogP contribution is -2.63. The Morgan fingerprint density at radius 3 is 2.78 bits per heavy atom. The molecule has 0 aromatic carbocycles. The van der Waals surface area contributed by atoms with Crippen LogP contribution in [0.4, 0.5) is 0 Å². The fraction of sp³-hybridized carbons (Fsp3) is 0.833. The molecule has 18 heavy (non-hydrogen) atoms. The second-order valence-electron chi connectivity index (χ2n) is 5.22. The maximum absolute atomic E-state index is 11.9. The second kappa shape index (κ2) is 5.24. The minimum atomic E-state index is -0.986. The van der Waals surface area contributed by atoms with Crippen molar-refractivity contribution in [2.75, 3.05) is 26.3 Å². The number of rotatable bonds is 5. The summed E-state index contributed by atoms with van der Waals surface area (Å²) in [7, 11) is 0. The lowest BCUT2D eigenvalue weighted by atomic mass is 9.95. The van der Waals surface area contributed by atoms with Gasteiger partial charge in [0.05, 0.1) is 25.6 Å². The number of nitrogens with zero attached hydrogens (tertiary/aromatic N) is 1. The van der Waals surface area contributed by atoms with Crippen molar-refractivity contribution in [1.29, 1.82) is 0 Å². The van der Waals surface area contributed by atoms with Crippen molar-refractivity contribution in [1.82, 2.24) is 4.90 Å². The summed E-state index contributed by atoms with van der Waals surface area (Å²) >= 11 is 0. The molecule has 1 unspecified atom stereocenters. The molecule has 0 aliphatic carbocycles. The number of carboxylic acid groups (broad SMARTS) is 1. The third kappa shape index (κ3) is 3.20. The number of carbonyl (C=O) groups is 2. The highest BCUT2D eigenvalue weighted by atomic mass is 16.5. The zero-order valence-corrected chi connectivity index (χ0v) is 10.6. The van der Waals surface area contributed by atoms with Gasteiger partial charge in [0, 0.05) is 6.61 Å². The quantitative estimate of drug-likeness (QED) is 0.764. The first kappa shape index (κ1) is 13.3. The van der Waals surface area contributed by atoms with Crippen LogP contribution in [0.2, 0.25) is 0 Å². The summed E-state index contributed by atoms with van der Waals surface area (Å²) in [4.78, 5) is 24.0. The molecule has 0 spiro atoms. The Balaban J connectivity index is 1.70. The van der Waals surface area contributed by atoms with Crippen LogP contribution in [0, 0.1) is 0 Å². The average Bonchev–Trinajstić information content (AvgIpc) is 2.75. The molecule has 2 rings (SSSR count). The van der Waals surface area contributed by atoms with Crippen molar-refractivity contribution in [3.63, 3.8) is 0 Å². The van der Waals surface area contributed by atoms with E-state index in [0.29, 0.717) is 19.5 Å². The highest BCUT2D eigenvalue weighted by molar-refractivity contribution is 5.78. The Kier molecular flexibility index (Phi) is 3.87. The van der Waals surface area contributed by atoms with E-state index in [2.05, 4.69) is 0 Å². The minimum absolute atomic E-state index is 0.0595. The number of carbonyl (C=O) groups excluding carboxylic acids is 1. The van der Waals surface area contributed by atoms with E-state index in [0.717, 1.165) is 19.4 Å². The van der Waals surface area contributed by atoms with Crippen LogP contribution in [0.25, 0.3) is 0 Å². The number of carboxylic acids is 1. The summed E-state index contributed by atoms with van der Waals surface area (Å²) in [5.74, 6) is -0.918. The predicted octanol–water partition coefficient (Wildman–Crippen LogP) is 0.258. The van der Waals surface area contributed by atoms with Gasteiger partial charge in [-0.1, -0.05) is 0 Å². The average molecular weight is 257 g/mol. The number of amides is 1. The van der Waals surface area contributed by atoms with Gasteiger partial charge in [0.15, 0.2) is 0 Å². The zero-order chi connectivity index (χ0) is 13.2. The number of hydrogen-bond acceptors (Lipinski definition) is 4. The maximum atomic E-state index is 11.9. The first-order chi connectivity index (χ1) is 8.48. The van der Waals surface area contributed by atoms with Gasteiger partial charge in [-0.2, -0.15) is 0 Å². The van der Waals surface area contributed by atoms with Crippen LogP contribution < -0.4 is 0 Å². The summed E-state index contributed by atoms with van der Waals surface area (Å²) in [5, 5.41) is 8.54. The van der Waals surface area contributed by atoms with Crippen molar-refractivity contribution in [3.8, 4) is 0 Å². The van der Waals surface area contributed by atoms with Gasteiger partial charge in [0.25, 0.3) is 0 Å². The second-order valence-corrected chi connectivity index (χ2v) is 5.22. The summed E-state index contributed by atoms with van der Waals surface area (Å²) in [6.07, 6.45) is 2.46. The number of hydrogen-bond donors (Lipinski definition) is 1. The third-order valence-electron chi connectivity index (χ3n) is 3.37. The third-order valence-corrected chi connectivity index (χ3v) is 3.37. The molecule has 2 aliphatic rings. The van der Waals surface area contributed by atoms with Gasteiger partial charge in [-0.05, 0) is 19.8 Å². The first-order valence-electron chi connectivity index (χ1n) is 6.24. The van der Waals surface area contributed by atoms with E-state index in [4.69, 9.17) is 14.6 Å². The van der Waals surface area contributed by atoms with Gasteiger partial charge in [0.1, 0.15) is 12.2 Å². The molecule has 2 fully saturated rings. The van der Waals surface area contributed by atoms with Gasteiger partial charge >= 0.3 is 5.97 Å². The van der Waals surface area contributed by atoms with Crippen molar-refractivity contribution in [2.45, 2.75) is 37.9 Å². The SMILES string of the molecule is CC1(OCC(=O)O)CN(C(=O)CC2CCCO2)C1. The first-order valence-corrected chi connectivity index (χ1v) is 6.24. The molecule has 0 radical (unpaired) electrons. The minimum Gasteiger partial charge on any atom is -0.480 e. The van der Waals surface area contributed by atoms with E-state index in [9.17, 15) is 9.59 Å². The molecule has 6 nitrogen and oxygen atoms in total. The van der Waals surface area contributed by atoms with Crippen LogP contribution in [-0.2, 0) is 19.1 Å². The molecule has 0 saturated carbocycles. The Morgan fingerprint density at radius 2 is 2.22 bits per heavy atom. The van der Waals surface area contributed by atoms with Crippen LogP contribution in [0.1, 0.15) is 26.2 Å². The summed E-state index contributed by atoms with van der Waals surface area (Å²) < 4.78 is 10.7. The van der Waals surface area contributed by atoms with Gasteiger partial charge < -0.3 is 19.5 Å². The molecule has 1 atom stereocenters. The lowest BCUT2D eigenvalue weighted by molar-refractivity contribution is -0.174. The lowest BCUT2D eigenvalue weighted by Gasteiger charge is -2.47. The number of ether oxygens (including phenoxy) is 2. The molecule has 2 heterocycles. The molecule has 0 aromatic heterocycles. The fourth-order valence-corrected chi connectivity index (χ4v) is 2.39.